The van der Waals surface area contributed by atoms with Gasteiger partial charge >= 0.3 is 0 Å². The molecule has 0 spiro atoms. The van der Waals surface area contributed by atoms with Gasteiger partial charge in [-0.15, -0.1) is 0 Å². The summed E-state index contributed by atoms with van der Waals surface area (Å²) in [5.74, 6) is 1.62. The first kappa shape index (κ1) is 8.10. The van der Waals surface area contributed by atoms with Crippen molar-refractivity contribution in [3.63, 3.8) is 0 Å². The molecule has 0 N–H and O–H groups in total. The van der Waals surface area contributed by atoms with Crippen molar-refractivity contribution in [3.8, 4) is 0 Å². The van der Waals surface area contributed by atoms with Crippen molar-refractivity contribution in [3.05, 3.63) is 23.3 Å². The Morgan fingerprint density at radius 1 is 1.33 bits per heavy atom. The molecule has 1 fully saturated rings. The number of hydrogen-bond donors (Lipinski definition) is 0. The van der Waals surface area contributed by atoms with Crippen molar-refractivity contribution in [2.45, 2.75) is 39.5 Å². The van der Waals surface area contributed by atoms with Gasteiger partial charge in [0.1, 0.15) is 0 Å². The standard InChI is InChI=1S/C12H18/c1-9-6-7-12-10(2)4-3-5-11(12)8-9/h7-10H,3-6H2,1-2H3. The second-order valence-electron chi connectivity index (χ2n) is 4.36. The molecule has 2 unspecified atom stereocenters. The third kappa shape index (κ3) is 1.35. The average molecular weight is 162 g/mol. The summed E-state index contributed by atoms with van der Waals surface area (Å²) in [6.45, 7) is 4.69. The fourth-order valence-electron chi connectivity index (χ4n) is 2.45. The van der Waals surface area contributed by atoms with Gasteiger partial charge in [0.25, 0.3) is 0 Å². The summed E-state index contributed by atoms with van der Waals surface area (Å²) in [5.41, 5.74) is 3.33. The summed E-state index contributed by atoms with van der Waals surface area (Å²) in [4.78, 5) is 0. The summed E-state index contributed by atoms with van der Waals surface area (Å²) < 4.78 is 0. The van der Waals surface area contributed by atoms with Crippen LogP contribution >= 0.6 is 0 Å². The molecule has 2 aliphatic rings. The van der Waals surface area contributed by atoms with Crippen LogP contribution < -0.4 is 0 Å². The Labute approximate surface area is 75.4 Å². The first-order valence-electron chi connectivity index (χ1n) is 5.18. The van der Waals surface area contributed by atoms with Crippen LogP contribution in [-0.2, 0) is 0 Å². The van der Waals surface area contributed by atoms with Gasteiger partial charge in [0.2, 0.25) is 0 Å². The van der Waals surface area contributed by atoms with Gasteiger partial charge in [-0.3, -0.25) is 0 Å². The highest BCUT2D eigenvalue weighted by atomic mass is 14.3. The van der Waals surface area contributed by atoms with Gasteiger partial charge in [-0.05, 0) is 48.7 Å². The predicted molar refractivity (Wildman–Crippen MR) is 53.0 cm³/mol. The molecule has 1 saturated carbocycles. The zero-order chi connectivity index (χ0) is 8.55. The Bertz CT molecular complexity index is 232. The highest BCUT2D eigenvalue weighted by Gasteiger charge is 2.21. The Hall–Kier alpha value is -0.520. The van der Waals surface area contributed by atoms with E-state index in [1.807, 2.05) is 0 Å². The van der Waals surface area contributed by atoms with Crippen molar-refractivity contribution >= 4 is 0 Å². The summed E-state index contributed by atoms with van der Waals surface area (Å²) >= 11 is 0. The van der Waals surface area contributed by atoms with E-state index < -0.39 is 0 Å². The van der Waals surface area contributed by atoms with Gasteiger partial charge in [-0.25, -0.2) is 0 Å². The highest BCUT2D eigenvalue weighted by molar-refractivity contribution is 5.37. The molecule has 0 aromatic rings. The van der Waals surface area contributed by atoms with Crippen LogP contribution in [0.1, 0.15) is 39.5 Å². The first-order valence-corrected chi connectivity index (χ1v) is 5.18. The molecule has 0 aromatic carbocycles. The first-order chi connectivity index (χ1) is 5.77. The Morgan fingerprint density at radius 3 is 3.00 bits per heavy atom. The maximum absolute atomic E-state index is 2.49. The van der Waals surface area contributed by atoms with Crippen molar-refractivity contribution in [1.29, 1.82) is 0 Å². The van der Waals surface area contributed by atoms with Gasteiger partial charge < -0.3 is 0 Å². The van der Waals surface area contributed by atoms with E-state index in [0.717, 1.165) is 11.8 Å². The SMILES string of the molecule is CC1C=C2CCCC(C)C2=CC1. The molecule has 0 aliphatic heterocycles. The van der Waals surface area contributed by atoms with E-state index in [1.54, 1.807) is 11.1 Å². The van der Waals surface area contributed by atoms with Crippen LogP contribution in [0.15, 0.2) is 23.3 Å². The van der Waals surface area contributed by atoms with Crippen LogP contribution in [-0.4, -0.2) is 0 Å². The van der Waals surface area contributed by atoms with E-state index >= 15 is 0 Å². The lowest BCUT2D eigenvalue weighted by atomic mass is 9.77. The number of allylic oxidation sites excluding steroid dienone is 4. The van der Waals surface area contributed by atoms with Gasteiger partial charge in [0.15, 0.2) is 0 Å². The Kier molecular flexibility index (Phi) is 2.08. The molecule has 0 nitrogen and oxygen atoms in total. The van der Waals surface area contributed by atoms with Gasteiger partial charge in [0, 0.05) is 0 Å². The quantitative estimate of drug-likeness (QED) is 0.509. The average Bonchev–Trinajstić information content (AvgIpc) is 2.04. The van der Waals surface area contributed by atoms with Crippen LogP contribution in [0, 0.1) is 11.8 Å². The van der Waals surface area contributed by atoms with Gasteiger partial charge in [-0.1, -0.05) is 26.0 Å². The molecule has 12 heavy (non-hydrogen) atoms. The van der Waals surface area contributed by atoms with E-state index in [1.165, 1.54) is 25.7 Å². The van der Waals surface area contributed by atoms with Crippen LogP contribution in [0.3, 0.4) is 0 Å². The minimum atomic E-state index is 0.786. The summed E-state index contributed by atoms with van der Waals surface area (Å²) in [6.07, 6.45) is 10.4. The normalized spacial score (nSPS) is 35.2. The summed E-state index contributed by atoms with van der Waals surface area (Å²) in [5, 5.41) is 0. The maximum Gasteiger partial charge on any atom is -0.0191 e. The highest BCUT2D eigenvalue weighted by Crippen LogP contribution is 2.37. The maximum atomic E-state index is 2.49. The minimum absolute atomic E-state index is 0.786. The lowest BCUT2D eigenvalue weighted by molar-refractivity contribution is 0.522. The number of fused-ring (bicyclic) bond motifs is 1. The molecule has 0 bridgehead atoms. The molecule has 0 heteroatoms. The van der Waals surface area contributed by atoms with E-state index in [2.05, 4.69) is 26.0 Å². The van der Waals surface area contributed by atoms with Crippen LogP contribution in [0.5, 0.6) is 0 Å². The number of hydrogen-bond acceptors (Lipinski definition) is 0. The van der Waals surface area contributed by atoms with Gasteiger partial charge in [-0.2, -0.15) is 0 Å². The summed E-state index contributed by atoms with van der Waals surface area (Å²) in [6, 6.07) is 0. The second kappa shape index (κ2) is 3.08. The van der Waals surface area contributed by atoms with E-state index in [0.29, 0.717) is 0 Å². The van der Waals surface area contributed by atoms with Crippen LogP contribution in [0.2, 0.25) is 0 Å². The molecule has 0 aromatic heterocycles. The third-order valence-electron chi connectivity index (χ3n) is 3.18. The fraction of sp³-hybridized carbons (Fsp3) is 0.667. The lowest BCUT2D eigenvalue weighted by Gasteiger charge is -2.29. The van der Waals surface area contributed by atoms with E-state index in [-0.39, 0.29) is 0 Å². The summed E-state index contributed by atoms with van der Waals surface area (Å²) in [7, 11) is 0. The van der Waals surface area contributed by atoms with E-state index in [9.17, 15) is 0 Å². The monoisotopic (exact) mass is 162 g/mol. The topological polar surface area (TPSA) is 0 Å². The Balaban J connectivity index is 2.24. The molecule has 2 aliphatic carbocycles. The zero-order valence-electron chi connectivity index (χ0n) is 8.14. The van der Waals surface area contributed by atoms with Crippen molar-refractivity contribution in [2.24, 2.45) is 11.8 Å². The molecule has 2 rings (SSSR count). The van der Waals surface area contributed by atoms with Crippen molar-refractivity contribution < 1.29 is 0 Å². The predicted octanol–water partition coefficient (Wildman–Crippen LogP) is 3.70. The smallest absolute Gasteiger partial charge is 0.0191 e. The molecular formula is C12H18. The molecule has 66 valence electrons. The molecule has 0 radical (unpaired) electrons. The van der Waals surface area contributed by atoms with E-state index in [4.69, 9.17) is 0 Å². The third-order valence-corrected chi connectivity index (χ3v) is 3.18. The minimum Gasteiger partial charge on any atom is -0.0802 e. The molecule has 0 heterocycles. The fourth-order valence-corrected chi connectivity index (χ4v) is 2.45. The van der Waals surface area contributed by atoms with Crippen LogP contribution in [0.25, 0.3) is 0 Å². The van der Waals surface area contributed by atoms with Crippen molar-refractivity contribution in [2.75, 3.05) is 0 Å². The Morgan fingerprint density at radius 2 is 2.17 bits per heavy atom. The van der Waals surface area contributed by atoms with Crippen molar-refractivity contribution in [1.82, 2.24) is 0 Å². The molecule has 0 amide bonds. The van der Waals surface area contributed by atoms with Crippen LogP contribution in [0.4, 0.5) is 0 Å². The number of rotatable bonds is 0. The molecule has 0 saturated heterocycles. The molecule has 2 atom stereocenters. The largest absolute Gasteiger partial charge is 0.0802 e. The van der Waals surface area contributed by atoms with Gasteiger partial charge in [0.05, 0.1) is 0 Å². The second-order valence-corrected chi connectivity index (χ2v) is 4.36. The molecular weight excluding hydrogens is 144 g/mol. The lowest BCUT2D eigenvalue weighted by Crippen LogP contribution is -2.13. The zero-order valence-corrected chi connectivity index (χ0v) is 8.14.